The van der Waals surface area contributed by atoms with Crippen molar-refractivity contribution in [1.29, 1.82) is 0 Å². The quantitative estimate of drug-likeness (QED) is 0.318. The molecule has 1 aromatic heterocycles. The highest BCUT2D eigenvalue weighted by Gasteiger charge is 2.36. The standard InChI is InChI=1S/C31H33N3O4/c1-34-19-25(24-11-4-5-12-26(24)34)30(36)32-20-31(15-6-7-16-31)22-9-8-10-23(18-22)33-29(35)21-13-14-27(37-2)28(17-21)38-3/h4-5,8-14,17-19H,6-7,15-16,20H2,1-3H3,(H,32,36)(H,33,35). The van der Waals surface area contributed by atoms with Gasteiger partial charge >= 0.3 is 0 Å². The van der Waals surface area contributed by atoms with Crippen LogP contribution in [-0.4, -0.2) is 37.1 Å². The van der Waals surface area contributed by atoms with E-state index in [0.717, 1.165) is 42.1 Å². The zero-order valence-electron chi connectivity index (χ0n) is 22.0. The number of carbonyl (C=O) groups excluding carboxylic acids is 2. The molecule has 0 atom stereocenters. The summed E-state index contributed by atoms with van der Waals surface area (Å²) in [7, 11) is 5.06. The molecule has 0 bridgehead atoms. The minimum absolute atomic E-state index is 0.0639. The molecule has 0 aliphatic heterocycles. The summed E-state index contributed by atoms with van der Waals surface area (Å²) in [6.07, 6.45) is 6.07. The van der Waals surface area contributed by atoms with Crippen molar-refractivity contribution in [3.63, 3.8) is 0 Å². The van der Waals surface area contributed by atoms with Gasteiger partial charge in [-0.15, -0.1) is 0 Å². The molecule has 2 N–H and O–H groups in total. The van der Waals surface area contributed by atoms with Gasteiger partial charge in [0.2, 0.25) is 0 Å². The summed E-state index contributed by atoms with van der Waals surface area (Å²) in [6, 6.07) is 21.0. The Balaban J connectivity index is 1.34. The lowest BCUT2D eigenvalue weighted by molar-refractivity contribution is 0.0944. The molecule has 5 rings (SSSR count). The van der Waals surface area contributed by atoms with Gasteiger partial charge in [-0.3, -0.25) is 9.59 Å². The number of methoxy groups -OCH3 is 2. The van der Waals surface area contributed by atoms with E-state index in [4.69, 9.17) is 9.47 Å². The maximum Gasteiger partial charge on any atom is 0.255 e. The summed E-state index contributed by atoms with van der Waals surface area (Å²) >= 11 is 0. The molecule has 196 valence electrons. The van der Waals surface area contributed by atoms with Crippen LogP contribution in [0.4, 0.5) is 5.69 Å². The predicted octanol–water partition coefficient (Wildman–Crippen LogP) is 5.69. The van der Waals surface area contributed by atoms with Crippen LogP contribution in [0.2, 0.25) is 0 Å². The maximum atomic E-state index is 13.3. The Bertz CT molecular complexity index is 1480. The van der Waals surface area contributed by atoms with E-state index in [1.807, 2.05) is 60.3 Å². The highest BCUT2D eigenvalue weighted by Crippen LogP contribution is 2.41. The van der Waals surface area contributed by atoms with Crippen LogP contribution in [0.1, 0.15) is 52.0 Å². The minimum atomic E-state index is -0.229. The third kappa shape index (κ3) is 4.84. The van der Waals surface area contributed by atoms with Crippen LogP contribution in [0.25, 0.3) is 10.9 Å². The molecule has 0 radical (unpaired) electrons. The molecule has 1 aliphatic rings. The lowest BCUT2D eigenvalue weighted by atomic mass is 9.78. The van der Waals surface area contributed by atoms with Crippen molar-refractivity contribution in [3.05, 3.63) is 89.6 Å². The Kier molecular flexibility index (Phi) is 7.09. The Morgan fingerprint density at radius 3 is 2.42 bits per heavy atom. The fourth-order valence-corrected chi connectivity index (χ4v) is 5.59. The molecule has 1 saturated carbocycles. The average Bonchev–Trinajstić information content (AvgIpc) is 3.57. The van der Waals surface area contributed by atoms with E-state index < -0.39 is 0 Å². The lowest BCUT2D eigenvalue weighted by Gasteiger charge is -2.30. The van der Waals surface area contributed by atoms with Crippen LogP contribution >= 0.6 is 0 Å². The summed E-state index contributed by atoms with van der Waals surface area (Å²) < 4.78 is 12.6. The highest BCUT2D eigenvalue weighted by molar-refractivity contribution is 6.07. The number of anilines is 1. The number of para-hydroxylation sites is 1. The van der Waals surface area contributed by atoms with Crippen molar-refractivity contribution in [2.45, 2.75) is 31.1 Å². The number of nitrogens with zero attached hydrogens (tertiary/aromatic N) is 1. The Labute approximate surface area is 222 Å². The number of fused-ring (bicyclic) bond motifs is 1. The first-order valence-electron chi connectivity index (χ1n) is 12.9. The number of benzene rings is 3. The van der Waals surface area contributed by atoms with Crippen LogP contribution in [0, 0.1) is 0 Å². The number of ether oxygens (including phenoxy) is 2. The molecule has 1 heterocycles. The second-order valence-electron chi connectivity index (χ2n) is 9.95. The number of nitrogens with one attached hydrogen (secondary N) is 2. The van der Waals surface area contributed by atoms with E-state index >= 15 is 0 Å². The monoisotopic (exact) mass is 511 g/mol. The summed E-state index contributed by atoms with van der Waals surface area (Å²) in [5.41, 5.74) is 3.86. The van der Waals surface area contributed by atoms with E-state index in [0.29, 0.717) is 34.9 Å². The number of hydrogen-bond acceptors (Lipinski definition) is 4. The van der Waals surface area contributed by atoms with Gasteiger partial charge in [0.1, 0.15) is 0 Å². The van der Waals surface area contributed by atoms with Gasteiger partial charge in [0.25, 0.3) is 11.8 Å². The van der Waals surface area contributed by atoms with Gasteiger partial charge in [-0.2, -0.15) is 0 Å². The van der Waals surface area contributed by atoms with Gasteiger partial charge in [-0.1, -0.05) is 43.2 Å². The lowest BCUT2D eigenvalue weighted by Crippen LogP contribution is -2.39. The summed E-state index contributed by atoms with van der Waals surface area (Å²) in [4.78, 5) is 26.3. The fraction of sp³-hybridized carbons (Fsp3) is 0.290. The molecule has 38 heavy (non-hydrogen) atoms. The summed E-state index contributed by atoms with van der Waals surface area (Å²) in [6.45, 7) is 0.544. The molecule has 0 saturated heterocycles. The summed E-state index contributed by atoms with van der Waals surface area (Å²) in [5.74, 6) is 0.777. The van der Waals surface area contributed by atoms with Crippen LogP contribution in [-0.2, 0) is 12.5 Å². The smallest absolute Gasteiger partial charge is 0.255 e. The third-order valence-electron chi connectivity index (χ3n) is 7.67. The number of rotatable bonds is 8. The molecule has 7 heteroatoms. The van der Waals surface area contributed by atoms with Crippen LogP contribution in [0.5, 0.6) is 11.5 Å². The fourth-order valence-electron chi connectivity index (χ4n) is 5.59. The SMILES string of the molecule is COc1ccc(C(=O)Nc2cccc(C3(CNC(=O)c4cn(C)c5ccccc45)CCCC3)c2)cc1OC. The van der Waals surface area contributed by atoms with Gasteiger partial charge in [0.15, 0.2) is 11.5 Å². The van der Waals surface area contributed by atoms with Crippen molar-refractivity contribution in [3.8, 4) is 11.5 Å². The summed E-state index contributed by atoms with van der Waals surface area (Å²) in [5, 5.41) is 7.20. The largest absolute Gasteiger partial charge is 0.493 e. The number of aromatic nitrogens is 1. The maximum absolute atomic E-state index is 13.3. The van der Waals surface area contributed by atoms with E-state index in [-0.39, 0.29) is 17.2 Å². The molecular weight excluding hydrogens is 478 g/mol. The first-order chi connectivity index (χ1) is 18.4. The van der Waals surface area contributed by atoms with Gasteiger partial charge < -0.3 is 24.7 Å². The molecular formula is C31H33N3O4. The van der Waals surface area contributed by atoms with Crippen molar-refractivity contribution < 1.29 is 19.1 Å². The molecule has 7 nitrogen and oxygen atoms in total. The third-order valence-corrected chi connectivity index (χ3v) is 7.67. The minimum Gasteiger partial charge on any atom is -0.493 e. The van der Waals surface area contributed by atoms with Crippen molar-refractivity contribution >= 4 is 28.4 Å². The molecule has 1 aliphatic carbocycles. The Morgan fingerprint density at radius 2 is 1.66 bits per heavy atom. The molecule has 3 aromatic carbocycles. The number of aryl methyl sites for hydroxylation is 1. The van der Waals surface area contributed by atoms with Gasteiger partial charge in [0.05, 0.1) is 19.8 Å². The van der Waals surface area contributed by atoms with E-state index in [2.05, 4.69) is 16.7 Å². The van der Waals surface area contributed by atoms with Crippen molar-refractivity contribution in [2.75, 3.05) is 26.1 Å². The van der Waals surface area contributed by atoms with Crippen molar-refractivity contribution in [1.82, 2.24) is 9.88 Å². The van der Waals surface area contributed by atoms with Crippen LogP contribution < -0.4 is 20.1 Å². The Morgan fingerprint density at radius 1 is 0.895 bits per heavy atom. The second-order valence-corrected chi connectivity index (χ2v) is 9.95. The highest BCUT2D eigenvalue weighted by atomic mass is 16.5. The molecule has 2 amide bonds. The first-order valence-corrected chi connectivity index (χ1v) is 12.9. The average molecular weight is 512 g/mol. The van der Waals surface area contributed by atoms with Crippen LogP contribution in [0.15, 0.2) is 72.9 Å². The topological polar surface area (TPSA) is 81.6 Å². The number of amides is 2. The molecule has 0 unspecified atom stereocenters. The molecule has 1 fully saturated rings. The van der Waals surface area contributed by atoms with Crippen molar-refractivity contribution in [2.24, 2.45) is 7.05 Å². The molecule has 4 aromatic rings. The zero-order chi connectivity index (χ0) is 26.7. The van der Waals surface area contributed by atoms with Gasteiger partial charge in [-0.05, 0) is 54.8 Å². The predicted molar refractivity (Wildman–Crippen MR) is 149 cm³/mol. The zero-order valence-corrected chi connectivity index (χ0v) is 22.0. The Hall–Kier alpha value is -4.26. The number of hydrogen-bond donors (Lipinski definition) is 2. The van der Waals surface area contributed by atoms with Gasteiger partial charge in [-0.25, -0.2) is 0 Å². The molecule has 0 spiro atoms. The second kappa shape index (κ2) is 10.6. The van der Waals surface area contributed by atoms with Crippen LogP contribution in [0.3, 0.4) is 0 Å². The first kappa shape index (κ1) is 25.4. The number of carbonyl (C=O) groups is 2. The van der Waals surface area contributed by atoms with E-state index in [1.165, 1.54) is 0 Å². The van der Waals surface area contributed by atoms with E-state index in [1.54, 1.807) is 32.4 Å². The van der Waals surface area contributed by atoms with E-state index in [9.17, 15) is 9.59 Å². The van der Waals surface area contributed by atoms with Gasteiger partial charge in [0, 0.05) is 47.4 Å². The normalized spacial score (nSPS) is 14.3.